The van der Waals surface area contributed by atoms with Gasteiger partial charge in [-0.3, -0.25) is 0 Å². The maximum Gasteiger partial charge on any atom is 0.161 e. The van der Waals surface area contributed by atoms with E-state index in [1.165, 1.54) is 76.8 Å². The van der Waals surface area contributed by atoms with Gasteiger partial charge in [-0.2, -0.15) is 0 Å². The summed E-state index contributed by atoms with van der Waals surface area (Å²) in [4.78, 5) is 0. The zero-order valence-electron chi connectivity index (χ0n) is 35.5. The zero-order chi connectivity index (χ0) is 40.6. The summed E-state index contributed by atoms with van der Waals surface area (Å²) in [6, 6.07) is 4.35. The van der Waals surface area contributed by atoms with E-state index in [0.29, 0.717) is 71.1 Å². The van der Waals surface area contributed by atoms with Crippen LogP contribution in [0.4, 0.5) is 0 Å². The van der Waals surface area contributed by atoms with Gasteiger partial charge in [0.05, 0.1) is 5.76 Å². The van der Waals surface area contributed by atoms with Crippen LogP contribution in [0.1, 0.15) is 101 Å². The average Bonchev–Trinajstić information content (AvgIpc) is 3.60. The molecule has 3 aliphatic heterocycles. The molecular weight excluding hydrogens is 747 g/mol. The number of fused-ring (bicyclic) bond motifs is 9. The number of allylic oxidation sites excluding steroid dienone is 20. The van der Waals surface area contributed by atoms with Crippen molar-refractivity contribution in [1.29, 1.82) is 0 Å². The normalized spacial score (nSPS) is 38.0. The van der Waals surface area contributed by atoms with E-state index >= 15 is 0 Å². The number of aliphatic hydroxyl groups is 2. The topological polar surface area (TPSA) is 58.9 Å². The van der Waals surface area contributed by atoms with Crippen LogP contribution in [0, 0.1) is 53.3 Å². The molecular formula is C56H60BO4. The Kier molecular flexibility index (Phi) is 9.75. The summed E-state index contributed by atoms with van der Waals surface area (Å²) in [6.45, 7) is 0. The van der Waals surface area contributed by atoms with E-state index in [0.717, 1.165) is 62.7 Å². The second kappa shape index (κ2) is 15.6. The second-order valence-corrected chi connectivity index (χ2v) is 20.0. The third-order valence-electron chi connectivity index (χ3n) is 16.8. The van der Waals surface area contributed by atoms with Gasteiger partial charge < -0.3 is 19.7 Å². The third kappa shape index (κ3) is 6.62. The highest BCUT2D eigenvalue weighted by atomic mass is 16.5. The molecule has 12 rings (SSSR count). The van der Waals surface area contributed by atoms with Crippen LogP contribution in [-0.4, -0.2) is 29.7 Å². The van der Waals surface area contributed by atoms with Crippen LogP contribution in [-0.2, 0) is 4.74 Å². The molecule has 4 nitrogen and oxygen atoms in total. The van der Waals surface area contributed by atoms with Crippen molar-refractivity contribution in [1.82, 2.24) is 0 Å². The lowest BCUT2D eigenvalue weighted by atomic mass is 9.54. The number of benzene rings is 1. The van der Waals surface area contributed by atoms with Gasteiger partial charge in [0, 0.05) is 42.1 Å². The summed E-state index contributed by atoms with van der Waals surface area (Å²) < 4.78 is 14.5. The first-order chi connectivity index (χ1) is 30.1. The van der Waals surface area contributed by atoms with Gasteiger partial charge in [0.15, 0.2) is 7.28 Å². The molecule has 0 saturated heterocycles. The fraction of sp³-hybridized carbons (Fsp3) is 0.464. The van der Waals surface area contributed by atoms with Gasteiger partial charge in [0.2, 0.25) is 0 Å². The van der Waals surface area contributed by atoms with E-state index < -0.39 is 0 Å². The molecule has 1 saturated carbocycles. The smallest absolute Gasteiger partial charge is 0.161 e. The van der Waals surface area contributed by atoms with Crippen molar-refractivity contribution >= 4 is 18.8 Å². The fourth-order valence-corrected chi connectivity index (χ4v) is 14.1. The van der Waals surface area contributed by atoms with Gasteiger partial charge in [0.1, 0.15) is 29.5 Å². The molecule has 0 amide bonds. The lowest BCUT2D eigenvalue weighted by Crippen LogP contribution is -2.49. The van der Waals surface area contributed by atoms with E-state index in [2.05, 4.69) is 104 Å². The maximum absolute atomic E-state index is 10.7. The molecule has 11 aliphatic rings. The van der Waals surface area contributed by atoms with Crippen LogP contribution in [0.5, 0.6) is 5.75 Å². The SMILES string of the molecule is OC1=C[C@H]2CCC3OC4=C(C5=CCC6Oc7ccc8c(c7C(C7C=CC(C9C=CC=CC9)CC7)C6=C5CC4)[B]CC(O)=C8)C(C4C=CC([C@H]5C=CCCCC5)=CC4)C3C2C=C1. The Bertz CT molecular complexity index is 2370. The molecule has 1 radical (unpaired) electrons. The fourth-order valence-electron chi connectivity index (χ4n) is 14.1. The third-order valence-corrected chi connectivity index (χ3v) is 16.8. The molecule has 2 N–H and O–H groups in total. The minimum atomic E-state index is 0.0124. The van der Waals surface area contributed by atoms with Crippen molar-refractivity contribution in [2.75, 3.05) is 0 Å². The minimum absolute atomic E-state index is 0.0124. The largest absolute Gasteiger partial charge is 0.513 e. The molecule has 1 aromatic rings. The number of hydrogen-bond donors (Lipinski definition) is 2. The van der Waals surface area contributed by atoms with Crippen molar-refractivity contribution in [3.05, 3.63) is 160 Å². The van der Waals surface area contributed by atoms with Gasteiger partial charge in [0.25, 0.3) is 0 Å². The van der Waals surface area contributed by atoms with E-state index in [-0.39, 0.29) is 18.1 Å². The molecule has 3 heterocycles. The van der Waals surface area contributed by atoms with Crippen molar-refractivity contribution in [3.8, 4) is 5.75 Å². The van der Waals surface area contributed by atoms with Gasteiger partial charge in [-0.05, 0) is 164 Å². The standard InChI is InChI=1S/C56H60BO4/c58-41-22-23-43-39(30-41)20-26-46-52(43)50(37-16-12-35(13-17-37)33-8-4-1-2-5-9-33)53-44-24-29-48-54(45(44)25-28-47(53)60-46)51(38-18-14-36(15-19-38)34-10-6-3-7-11-34)55-49(61-48)27-21-40-31-42(59)32-57-56(40)55/h3-4,6-8,10,12-14,16,18,21-24,27,30-31,33-34,36-39,43,46,48,50-52,58-59H,1-2,5,9,11,15,17,19-20,25-26,28-29,32H2/t33-,34?,36?,37?,38?,39+,43?,46?,48?,50?,51?,52?/m0/s1. The van der Waals surface area contributed by atoms with Crippen molar-refractivity contribution in [3.63, 3.8) is 0 Å². The molecule has 0 aromatic heterocycles. The lowest BCUT2D eigenvalue weighted by molar-refractivity contribution is -0.0513. The Morgan fingerprint density at radius 2 is 1.64 bits per heavy atom. The van der Waals surface area contributed by atoms with Crippen molar-refractivity contribution in [2.45, 2.75) is 108 Å². The predicted octanol–water partition coefficient (Wildman–Crippen LogP) is 12.5. The highest BCUT2D eigenvalue weighted by molar-refractivity contribution is 6.57. The predicted molar refractivity (Wildman–Crippen MR) is 246 cm³/mol. The number of rotatable bonds is 4. The van der Waals surface area contributed by atoms with Gasteiger partial charge in [-0.1, -0.05) is 96.9 Å². The molecule has 0 bridgehead atoms. The first kappa shape index (κ1) is 38.1. The summed E-state index contributed by atoms with van der Waals surface area (Å²) in [5.41, 5.74) is 11.2. The first-order valence-electron chi connectivity index (χ1n) is 24.1. The second-order valence-electron chi connectivity index (χ2n) is 20.0. The van der Waals surface area contributed by atoms with Crippen molar-refractivity contribution in [2.24, 2.45) is 53.3 Å². The summed E-state index contributed by atoms with van der Waals surface area (Å²) in [6.07, 6.45) is 53.2. The van der Waals surface area contributed by atoms with Crippen LogP contribution in [0.3, 0.4) is 0 Å². The van der Waals surface area contributed by atoms with Gasteiger partial charge in [-0.15, -0.1) is 0 Å². The van der Waals surface area contributed by atoms with E-state index in [1.54, 1.807) is 0 Å². The highest BCUT2D eigenvalue weighted by Crippen LogP contribution is 2.60. The Morgan fingerprint density at radius 3 is 2.51 bits per heavy atom. The van der Waals surface area contributed by atoms with Crippen LogP contribution in [0.2, 0.25) is 6.32 Å². The molecule has 61 heavy (non-hydrogen) atoms. The summed E-state index contributed by atoms with van der Waals surface area (Å²) in [5.74, 6) is 7.13. The molecule has 12 atom stereocenters. The quantitative estimate of drug-likeness (QED) is 0.235. The Labute approximate surface area is 363 Å². The molecule has 1 aromatic carbocycles. The summed E-state index contributed by atoms with van der Waals surface area (Å²) >= 11 is 0. The first-order valence-corrected chi connectivity index (χ1v) is 24.1. The average molecular weight is 808 g/mol. The summed E-state index contributed by atoms with van der Waals surface area (Å²) in [7, 11) is 2.26. The molecule has 0 spiro atoms. The lowest BCUT2D eigenvalue weighted by Gasteiger charge is -2.54. The van der Waals surface area contributed by atoms with Gasteiger partial charge >= 0.3 is 0 Å². The Morgan fingerprint density at radius 1 is 0.721 bits per heavy atom. The van der Waals surface area contributed by atoms with Crippen molar-refractivity contribution < 1.29 is 19.7 Å². The van der Waals surface area contributed by atoms with Crippen LogP contribution >= 0.6 is 0 Å². The number of hydrogen-bond acceptors (Lipinski definition) is 4. The molecule has 311 valence electrons. The van der Waals surface area contributed by atoms with Crippen LogP contribution in [0.15, 0.2) is 148 Å². The molecule has 8 aliphatic carbocycles. The molecule has 5 heteroatoms. The van der Waals surface area contributed by atoms with E-state index in [1.807, 2.05) is 12.2 Å². The molecule has 10 unspecified atom stereocenters. The van der Waals surface area contributed by atoms with Crippen LogP contribution < -0.4 is 10.2 Å². The minimum Gasteiger partial charge on any atom is -0.513 e. The van der Waals surface area contributed by atoms with Crippen LogP contribution in [0.25, 0.3) is 6.08 Å². The number of ether oxygens (including phenoxy) is 2. The Hall–Kier alpha value is -4.64. The van der Waals surface area contributed by atoms with E-state index in [9.17, 15) is 10.2 Å². The Balaban J connectivity index is 0.968. The molecule has 1 fully saturated rings. The highest BCUT2D eigenvalue weighted by Gasteiger charge is 2.53. The van der Waals surface area contributed by atoms with E-state index in [4.69, 9.17) is 9.47 Å². The monoisotopic (exact) mass is 807 g/mol. The summed E-state index contributed by atoms with van der Waals surface area (Å²) in [5, 5.41) is 21.4. The number of aliphatic hydroxyl groups excluding tert-OH is 2. The zero-order valence-corrected chi connectivity index (χ0v) is 35.5. The van der Waals surface area contributed by atoms with Gasteiger partial charge in [-0.25, -0.2) is 0 Å². The maximum atomic E-state index is 10.7.